The largest absolute Gasteiger partial charge is 0.491 e. The van der Waals surface area contributed by atoms with Crippen molar-refractivity contribution in [2.24, 2.45) is 0 Å². The molecular weight excluding hydrogens is 382 g/mol. The lowest BCUT2D eigenvalue weighted by atomic mass is 10.2. The second-order valence-electron chi connectivity index (χ2n) is 6.74. The molecule has 0 amide bonds. The van der Waals surface area contributed by atoms with Crippen LogP contribution in [0.5, 0.6) is 5.75 Å². The summed E-state index contributed by atoms with van der Waals surface area (Å²) in [5, 5.41) is 15.9. The highest BCUT2D eigenvalue weighted by Crippen LogP contribution is 2.29. The van der Waals surface area contributed by atoms with Gasteiger partial charge in [0.25, 0.3) is 0 Å². The summed E-state index contributed by atoms with van der Waals surface area (Å²) in [6.45, 7) is 9.76. The molecule has 0 radical (unpaired) electrons. The standard InChI is InChI=1S/C20H29N5O3.C2H6/c1-14-18(22-3)23-19(24-20(14)25-7-9-27-10-8-25)15-5-4-6-17(11-15)28-13-16(26)12-21-2;1-2/h4-6,11,16,21,26H,7-10,12-13H2,1-3H3,(H,22,23,24);1-2H3. The third-order valence-corrected chi connectivity index (χ3v) is 4.64. The quantitative estimate of drug-likeness (QED) is 0.603. The molecule has 3 N–H and O–H groups in total. The van der Waals surface area contributed by atoms with E-state index in [0.717, 1.165) is 35.9 Å². The molecule has 0 spiro atoms. The van der Waals surface area contributed by atoms with Crippen LogP contribution >= 0.6 is 0 Å². The SMILES string of the molecule is CC.CNCC(O)COc1cccc(-c2nc(NC)c(C)c(N3CCOCC3)n2)c1. The van der Waals surface area contributed by atoms with Crippen molar-refractivity contribution in [1.82, 2.24) is 15.3 Å². The Morgan fingerprint density at radius 1 is 1.20 bits per heavy atom. The third kappa shape index (κ3) is 6.29. The minimum atomic E-state index is -0.562. The Labute approximate surface area is 179 Å². The Hall–Kier alpha value is -2.42. The lowest BCUT2D eigenvalue weighted by Crippen LogP contribution is -2.37. The highest BCUT2D eigenvalue weighted by molar-refractivity contribution is 5.67. The molecule has 0 saturated carbocycles. The zero-order valence-electron chi connectivity index (χ0n) is 18.7. The molecule has 1 saturated heterocycles. The van der Waals surface area contributed by atoms with Crippen molar-refractivity contribution < 1.29 is 14.6 Å². The van der Waals surface area contributed by atoms with E-state index in [9.17, 15) is 5.11 Å². The first-order valence-electron chi connectivity index (χ1n) is 10.6. The van der Waals surface area contributed by atoms with E-state index in [4.69, 9.17) is 14.5 Å². The van der Waals surface area contributed by atoms with Crippen LogP contribution in [0.15, 0.2) is 24.3 Å². The van der Waals surface area contributed by atoms with Crippen LogP contribution in [-0.4, -0.2) is 74.7 Å². The molecule has 1 aromatic carbocycles. The number of nitrogens with one attached hydrogen (secondary N) is 2. The number of likely N-dealkylation sites (N-methyl/N-ethyl adjacent to an activating group) is 1. The van der Waals surface area contributed by atoms with Crippen molar-refractivity contribution in [3.63, 3.8) is 0 Å². The van der Waals surface area contributed by atoms with Crippen molar-refractivity contribution in [3.05, 3.63) is 29.8 Å². The van der Waals surface area contributed by atoms with Crippen molar-refractivity contribution in [2.45, 2.75) is 26.9 Å². The second-order valence-corrected chi connectivity index (χ2v) is 6.74. The van der Waals surface area contributed by atoms with E-state index in [2.05, 4.69) is 20.5 Å². The second kappa shape index (κ2) is 12.3. The highest BCUT2D eigenvalue weighted by atomic mass is 16.5. The number of hydrogen-bond donors (Lipinski definition) is 3. The molecule has 1 atom stereocenters. The molecule has 166 valence electrons. The first kappa shape index (κ1) is 23.9. The fourth-order valence-corrected chi connectivity index (χ4v) is 3.17. The Bertz CT molecular complexity index is 781. The fourth-order valence-electron chi connectivity index (χ4n) is 3.17. The van der Waals surface area contributed by atoms with Gasteiger partial charge in [-0.3, -0.25) is 0 Å². The average Bonchev–Trinajstić information content (AvgIpc) is 2.80. The normalized spacial score (nSPS) is 14.5. The number of morpholine rings is 1. The van der Waals surface area contributed by atoms with E-state index in [-0.39, 0.29) is 6.61 Å². The summed E-state index contributed by atoms with van der Waals surface area (Å²) in [5.74, 6) is 3.05. The molecule has 1 unspecified atom stereocenters. The van der Waals surface area contributed by atoms with Crippen LogP contribution in [0.25, 0.3) is 11.4 Å². The minimum Gasteiger partial charge on any atom is -0.491 e. The Balaban J connectivity index is 0.00000155. The molecule has 8 heteroatoms. The van der Waals surface area contributed by atoms with Gasteiger partial charge >= 0.3 is 0 Å². The maximum Gasteiger partial charge on any atom is 0.164 e. The zero-order valence-corrected chi connectivity index (χ0v) is 18.7. The molecular formula is C22H35N5O3. The predicted molar refractivity (Wildman–Crippen MR) is 122 cm³/mol. The van der Waals surface area contributed by atoms with Crippen molar-refractivity contribution in [3.8, 4) is 17.1 Å². The number of hydrogen-bond acceptors (Lipinski definition) is 8. The van der Waals surface area contributed by atoms with Gasteiger partial charge in [-0.1, -0.05) is 26.0 Å². The van der Waals surface area contributed by atoms with Gasteiger partial charge in [0.2, 0.25) is 0 Å². The van der Waals surface area contributed by atoms with Gasteiger partial charge in [0.05, 0.1) is 13.2 Å². The number of benzene rings is 1. The van der Waals surface area contributed by atoms with Crippen LogP contribution in [0.1, 0.15) is 19.4 Å². The fraction of sp³-hybridized carbons (Fsp3) is 0.545. The summed E-state index contributed by atoms with van der Waals surface area (Å²) in [7, 11) is 3.66. The number of aliphatic hydroxyl groups is 1. The van der Waals surface area contributed by atoms with Gasteiger partial charge in [0.15, 0.2) is 5.82 Å². The summed E-state index contributed by atoms with van der Waals surface area (Å²) in [6.07, 6.45) is -0.562. The van der Waals surface area contributed by atoms with E-state index >= 15 is 0 Å². The van der Waals surface area contributed by atoms with Crippen LogP contribution in [0.3, 0.4) is 0 Å². The lowest BCUT2D eigenvalue weighted by molar-refractivity contribution is 0.108. The van der Waals surface area contributed by atoms with Gasteiger partial charge in [0, 0.05) is 37.8 Å². The van der Waals surface area contributed by atoms with Crippen molar-refractivity contribution in [1.29, 1.82) is 0 Å². The highest BCUT2D eigenvalue weighted by Gasteiger charge is 2.19. The lowest BCUT2D eigenvalue weighted by Gasteiger charge is -2.29. The smallest absolute Gasteiger partial charge is 0.164 e. The van der Waals surface area contributed by atoms with Gasteiger partial charge in [0.1, 0.15) is 30.1 Å². The van der Waals surface area contributed by atoms with Crippen molar-refractivity contribution >= 4 is 11.6 Å². The van der Waals surface area contributed by atoms with Crippen LogP contribution in [-0.2, 0) is 4.74 Å². The molecule has 3 rings (SSSR count). The summed E-state index contributed by atoms with van der Waals surface area (Å²) in [5.41, 5.74) is 1.89. The van der Waals surface area contributed by atoms with E-state index in [1.54, 1.807) is 7.05 Å². The van der Waals surface area contributed by atoms with Crippen LogP contribution in [0.4, 0.5) is 11.6 Å². The van der Waals surface area contributed by atoms with Crippen molar-refractivity contribution in [2.75, 3.05) is 63.8 Å². The first-order chi connectivity index (χ1) is 14.6. The molecule has 2 heterocycles. The Morgan fingerprint density at radius 3 is 2.60 bits per heavy atom. The number of aromatic nitrogens is 2. The average molecular weight is 418 g/mol. The molecule has 30 heavy (non-hydrogen) atoms. The summed E-state index contributed by atoms with van der Waals surface area (Å²) in [4.78, 5) is 11.8. The first-order valence-corrected chi connectivity index (χ1v) is 10.6. The van der Waals surface area contributed by atoms with Gasteiger partial charge in [-0.15, -0.1) is 0 Å². The molecule has 8 nitrogen and oxygen atoms in total. The van der Waals surface area contributed by atoms with Gasteiger partial charge in [-0.05, 0) is 26.1 Å². The number of nitrogens with zero attached hydrogens (tertiary/aromatic N) is 3. The predicted octanol–water partition coefficient (Wildman–Crippen LogP) is 2.32. The topological polar surface area (TPSA) is 91.8 Å². The zero-order chi connectivity index (χ0) is 21.9. The van der Waals surface area contributed by atoms with Gasteiger partial charge in [-0.2, -0.15) is 0 Å². The molecule has 1 fully saturated rings. The maximum atomic E-state index is 9.84. The van der Waals surface area contributed by atoms with Gasteiger partial charge < -0.3 is 30.1 Å². The number of anilines is 2. The van der Waals surface area contributed by atoms with E-state index in [0.29, 0.717) is 31.3 Å². The van der Waals surface area contributed by atoms with E-state index in [1.807, 2.05) is 52.1 Å². The molecule has 1 aromatic heterocycles. The van der Waals surface area contributed by atoms with Crippen LogP contribution in [0, 0.1) is 6.92 Å². The molecule has 1 aliphatic heterocycles. The molecule has 2 aromatic rings. The Morgan fingerprint density at radius 2 is 1.93 bits per heavy atom. The maximum absolute atomic E-state index is 9.84. The van der Waals surface area contributed by atoms with E-state index < -0.39 is 6.10 Å². The molecule has 1 aliphatic rings. The number of rotatable bonds is 8. The summed E-state index contributed by atoms with van der Waals surface area (Å²) in [6, 6.07) is 7.64. The number of ether oxygens (including phenoxy) is 2. The minimum absolute atomic E-state index is 0.222. The van der Waals surface area contributed by atoms with Gasteiger partial charge in [-0.25, -0.2) is 9.97 Å². The van der Waals surface area contributed by atoms with E-state index in [1.165, 1.54) is 0 Å². The third-order valence-electron chi connectivity index (χ3n) is 4.64. The monoisotopic (exact) mass is 417 g/mol. The Kier molecular flexibility index (Phi) is 9.79. The number of aliphatic hydroxyl groups excluding tert-OH is 1. The van der Waals surface area contributed by atoms with Crippen LogP contribution < -0.4 is 20.3 Å². The molecule has 0 bridgehead atoms. The summed E-state index contributed by atoms with van der Waals surface area (Å²) >= 11 is 0. The summed E-state index contributed by atoms with van der Waals surface area (Å²) < 4.78 is 11.2. The van der Waals surface area contributed by atoms with Crippen LogP contribution in [0.2, 0.25) is 0 Å². The molecule has 0 aliphatic carbocycles.